The Balaban J connectivity index is 1.63. The lowest BCUT2D eigenvalue weighted by Crippen LogP contribution is -2.48. The van der Waals surface area contributed by atoms with Crippen LogP contribution in [-0.4, -0.2) is 66.2 Å². The number of amides is 1. The molecule has 1 atom stereocenters. The van der Waals surface area contributed by atoms with Crippen molar-refractivity contribution in [2.75, 3.05) is 50.1 Å². The van der Waals surface area contributed by atoms with Gasteiger partial charge in [-0.2, -0.15) is 0 Å². The lowest BCUT2D eigenvalue weighted by atomic mass is 10.0. The summed E-state index contributed by atoms with van der Waals surface area (Å²) in [5.41, 5.74) is -0.116. The minimum absolute atomic E-state index is 0.116. The zero-order valence-corrected chi connectivity index (χ0v) is 13.2. The summed E-state index contributed by atoms with van der Waals surface area (Å²) in [6.07, 6.45) is 3.71. The highest BCUT2D eigenvalue weighted by molar-refractivity contribution is 5.82. The van der Waals surface area contributed by atoms with Crippen molar-refractivity contribution in [3.05, 3.63) is 12.4 Å². The average molecular weight is 305 g/mol. The third-order valence-electron chi connectivity index (χ3n) is 4.38. The van der Waals surface area contributed by atoms with Crippen LogP contribution in [0.15, 0.2) is 12.4 Å². The largest absolute Gasteiger partial charge is 0.373 e. The van der Waals surface area contributed by atoms with E-state index in [1.807, 2.05) is 18.0 Å². The molecule has 1 aromatic heterocycles. The van der Waals surface area contributed by atoms with E-state index in [-0.39, 0.29) is 11.5 Å². The van der Waals surface area contributed by atoms with E-state index in [9.17, 15) is 4.79 Å². The van der Waals surface area contributed by atoms with Gasteiger partial charge < -0.3 is 19.9 Å². The van der Waals surface area contributed by atoms with Gasteiger partial charge in [-0.15, -0.1) is 0 Å². The summed E-state index contributed by atoms with van der Waals surface area (Å²) in [5.74, 6) is 1.68. The molecule has 120 valence electrons. The highest BCUT2D eigenvalue weighted by atomic mass is 16.5. The monoisotopic (exact) mass is 305 g/mol. The van der Waals surface area contributed by atoms with Gasteiger partial charge in [-0.3, -0.25) is 4.79 Å². The van der Waals surface area contributed by atoms with Crippen LogP contribution in [0.1, 0.15) is 19.8 Å². The minimum Gasteiger partial charge on any atom is -0.373 e. The molecule has 1 N–H and O–H groups in total. The molecule has 3 heterocycles. The van der Waals surface area contributed by atoms with Gasteiger partial charge >= 0.3 is 0 Å². The predicted octanol–water partition coefficient (Wildman–Crippen LogP) is 0.736. The molecule has 7 nitrogen and oxygen atoms in total. The smallest absolute Gasteiger partial charge is 0.241 e. The highest BCUT2D eigenvalue weighted by Crippen LogP contribution is 2.25. The van der Waals surface area contributed by atoms with E-state index in [0.717, 1.165) is 50.7 Å². The van der Waals surface area contributed by atoms with Gasteiger partial charge in [0.05, 0.1) is 12.1 Å². The fourth-order valence-electron chi connectivity index (χ4n) is 2.82. The molecule has 1 aromatic rings. The number of nitrogens with zero attached hydrogens (tertiary/aromatic N) is 4. The van der Waals surface area contributed by atoms with Crippen molar-refractivity contribution in [1.82, 2.24) is 14.9 Å². The molecule has 0 saturated carbocycles. The summed E-state index contributed by atoms with van der Waals surface area (Å²) < 4.78 is 5.77. The quantitative estimate of drug-likeness (QED) is 0.884. The van der Waals surface area contributed by atoms with E-state index < -0.39 is 0 Å². The van der Waals surface area contributed by atoms with Gasteiger partial charge in [0, 0.05) is 39.4 Å². The number of ether oxygens (including phenoxy) is 1. The van der Waals surface area contributed by atoms with Gasteiger partial charge in [0.2, 0.25) is 5.91 Å². The fourth-order valence-corrected chi connectivity index (χ4v) is 2.82. The van der Waals surface area contributed by atoms with Gasteiger partial charge in [-0.25, -0.2) is 9.97 Å². The summed E-state index contributed by atoms with van der Waals surface area (Å²) in [6, 6.07) is 1.90. The Morgan fingerprint density at radius 1 is 1.41 bits per heavy atom. The number of hydrogen-bond acceptors (Lipinski definition) is 6. The molecule has 1 amide bonds. The Kier molecular flexibility index (Phi) is 4.15. The lowest BCUT2D eigenvalue weighted by molar-refractivity contribution is -0.129. The number of nitrogens with one attached hydrogen (secondary N) is 1. The van der Waals surface area contributed by atoms with Crippen LogP contribution in [0.5, 0.6) is 0 Å². The topological polar surface area (TPSA) is 70.6 Å². The zero-order chi connectivity index (χ0) is 15.6. The van der Waals surface area contributed by atoms with E-state index in [1.165, 1.54) is 6.33 Å². The first kappa shape index (κ1) is 15.0. The summed E-state index contributed by atoms with van der Waals surface area (Å²) in [5, 5.41) is 3.33. The third kappa shape index (κ3) is 3.30. The first-order chi connectivity index (χ1) is 10.6. The van der Waals surface area contributed by atoms with Crippen molar-refractivity contribution < 1.29 is 9.53 Å². The van der Waals surface area contributed by atoms with E-state index in [4.69, 9.17) is 4.74 Å². The standard InChI is InChI=1S/C15H23N5O2/c1-15(4-3-7-22-15)10-16-12-8-13(18-11-17-12)20-6-5-19(2)14(21)9-20/h8,11H,3-7,9-10H2,1-2H3,(H,16,17,18). The molecular formula is C15H23N5O2. The molecule has 1 unspecified atom stereocenters. The summed E-state index contributed by atoms with van der Waals surface area (Å²) in [6.45, 7) is 5.56. The van der Waals surface area contributed by atoms with Crippen molar-refractivity contribution >= 4 is 17.5 Å². The zero-order valence-electron chi connectivity index (χ0n) is 13.2. The second-order valence-electron chi connectivity index (χ2n) is 6.25. The fraction of sp³-hybridized carbons (Fsp3) is 0.667. The van der Waals surface area contributed by atoms with Gasteiger partial charge in [0.15, 0.2) is 0 Å². The van der Waals surface area contributed by atoms with Crippen LogP contribution in [0, 0.1) is 0 Å². The Morgan fingerprint density at radius 3 is 3.00 bits per heavy atom. The van der Waals surface area contributed by atoms with Gasteiger partial charge in [-0.05, 0) is 19.8 Å². The number of likely N-dealkylation sites (N-methyl/N-ethyl adjacent to an activating group) is 1. The number of carbonyl (C=O) groups is 1. The Morgan fingerprint density at radius 2 is 2.27 bits per heavy atom. The van der Waals surface area contributed by atoms with Crippen LogP contribution in [0.3, 0.4) is 0 Å². The molecule has 2 fully saturated rings. The Hall–Kier alpha value is -1.89. The van der Waals surface area contributed by atoms with E-state index in [0.29, 0.717) is 6.54 Å². The Bertz CT molecular complexity index is 544. The van der Waals surface area contributed by atoms with Crippen LogP contribution in [-0.2, 0) is 9.53 Å². The van der Waals surface area contributed by atoms with Crippen LogP contribution >= 0.6 is 0 Å². The highest BCUT2D eigenvalue weighted by Gasteiger charge is 2.29. The number of aromatic nitrogens is 2. The average Bonchev–Trinajstić information content (AvgIpc) is 2.96. The molecular weight excluding hydrogens is 282 g/mol. The van der Waals surface area contributed by atoms with E-state index in [2.05, 4.69) is 22.2 Å². The number of piperazine rings is 1. The van der Waals surface area contributed by atoms with Gasteiger partial charge in [-0.1, -0.05) is 0 Å². The summed E-state index contributed by atoms with van der Waals surface area (Å²) >= 11 is 0. The second kappa shape index (κ2) is 6.08. The lowest BCUT2D eigenvalue weighted by Gasteiger charge is -2.32. The van der Waals surface area contributed by atoms with Crippen LogP contribution in [0.4, 0.5) is 11.6 Å². The van der Waals surface area contributed by atoms with Crippen molar-refractivity contribution in [3.63, 3.8) is 0 Å². The van der Waals surface area contributed by atoms with E-state index in [1.54, 1.807) is 4.90 Å². The Labute approximate surface area is 130 Å². The molecule has 0 aliphatic carbocycles. The molecule has 3 rings (SSSR count). The molecule has 0 radical (unpaired) electrons. The first-order valence-corrected chi connectivity index (χ1v) is 7.75. The summed E-state index contributed by atoms with van der Waals surface area (Å²) in [7, 11) is 1.83. The van der Waals surface area contributed by atoms with Crippen molar-refractivity contribution in [2.45, 2.75) is 25.4 Å². The summed E-state index contributed by atoms with van der Waals surface area (Å²) in [4.78, 5) is 24.1. The molecule has 0 spiro atoms. The third-order valence-corrected chi connectivity index (χ3v) is 4.38. The second-order valence-corrected chi connectivity index (χ2v) is 6.25. The normalized spacial score (nSPS) is 25.6. The van der Waals surface area contributed by atoms with Crippen molar-refractivity contribution in [3.8, 4) is 0 Å². The van der Waals surface area contributed by atoms with Crippen molar-refractivity contribution in [1.29, 1.82) is 0 Å². The van der Waals surface area contributed by atoms with Gasteiger partial charge in [0.25, 0.3) is 0 Å². The maximum Gasteiger partial charge on any atom is 0.241 e. The number of anilines is 2. The maximum atomic E-state index is 11.8. The molecule has 2 saturated heterocycles. The molecule has 0 aromatic carbocycles. The van der Waals surface area contributed by atoms with Gasteiger partial charge in [0.1, 0.15) is 18.0 Å². The van der Waals surface area contributed by atoms with Crippen LogP contribution in [0.2, 0.25) is 0 Å². The SMILES string of the molecule is CN1CCN(c2cc(NCC3(C)CCCO3)ncn2)CC1=O. The first-order valence-electron chi connectivity index (χ1n) is 7.75. The molecule has 0 bridgehead atoms. The predicted molar refractivity (Wildman–Crippen MR) is 84.0 cm³/mol. The van der Waals surface area contributed by atoms with Crippen LogP contribution in [0.25, 0.3) is 0 Å². The molecule has 2 aliphatic rings. The maximum absolute atomic E-state index is 11.8. The number of rotatable bonds is 4. The molecule has 22 heavy (non-hydrogen) atoms. The van der Waals surface area contributed by atoms with Crippen LogP contribution < -0.4 is 10.2 Å². The molecule has 7 heteroatoms. The van der Waals surface area contributed by atoms with E-state index >= 15 is 0 Å². The van der Waals surface area contributed by atoms with Crippen molar-refractivity contribution in [2.24, 2.45) is 0 Å². The minimum atomic E-state index is -0.116. The number of carbonyl (C=O) groups excluding carboxylic acids is 1. The molecule has 2 aliphatic heterocycles. The number of hydrogen-bond donors (Lipinski definition) is 1.